The predicted molar refractivity (Wildman–Crippen MR) is 182 cm³/mol. The molecule has 7 rings (SSSR count). The number of carbonyl (C=O) groups excluding carboxylic acids is 1. The van der Waals surface area contributed by atoms with Crippen molar-refractivity contribution < 1.29 is 27.1 Å². The molecular formula is C32H36Cl2F4N8O2S. The average molecular weight is 744 g/mol. The molecule has 49 heavy (non-hydrogen) atoms. The summed E-state index contributed by atoms with van der Waals surface area (Å²) in [5.41, 5.74) is 8.37. The number of carbonyl (C=O) groups is 1. The third-order valence-corrected chi connectivity index (χ3v) is 11.2. The minimum Gasteiger partial charge on any atom is -0.467 e. The number of alkyl halides is 3. The van der Waals surface area contributed by atoms with Gasteiger partial charge in [0.1, 0.15) is 5.82 Å². The Labute approximate surface area is 295 Å². The van der Waals surface area contributed by atoms with Gasteiger partial charge >= 0.3 is 12.2 Å². The lowest BCUT2D eigenvalue weighted by Gasteiger charge is -2.31. The summed E-state index contributed by atoms with van der Waals surface area (Å²) < 4.78 is 61.0. The number of amides is 1. The van der Waals surface area contributed by atoms with E-state index in [9.17, 15) is 22.4 Å². The summed E-state index contributed by atoms with van der Waals surface area (Å²) in [6.45, 7) is 3.56. The number of fused-ring (bicyclic) bond motifs is 3. The van der Waals surface area contributed by atoms with Gasteiger partial charge in [-0.15, -0.1) is 11.8 Å². The van der Waals surface area contributed by atoms with Crippen LogP contribution in [0.3, 0.4) is 0 Å². The number of hydrogen-bond acceptors (Lipinski definition) is 9. The molecule has 6 heterocycles. The Bertz CT molecular complexity index is 1760. The number of nitrogens with two attached hydrogens (primary N) is 1. The van der Waals surface area contributed by atoms with E-state index in [0.29, 0.717) is 55.1 Å². The first-order valence-corrected chi connectivity index (χ1v) is 17.7. The molecule has 2 aromatic heterocycles. The molecule has 10 nitrogen and oxygen atoms in total. The molecule has 0 aliphatic carbocycles. The van der Waals surface area contributed by atoms with Gasteiger partial charge in [0.2, 0.25) is 0 Å². The van der Waals surface area contributed by atoms with E-state index in [1.165, 1.54) is 51.4 Å². The van der Waals surface area contributed by atoms with Gasteiger partial charge in [-0.3, -0.25) is 14.4 Å². The van der Waals surface area contributed by atoms with Crippen LogP contribution in [-0.2, 0) is 31.4 Å². The first-order chi connectivity index (χ1) is 23.4. The highest BCUT2D eigenvalue weighted by Crippen LogP contribution is 2.49. The monoisotopic (exact) mass is 742 g/mol. The summed E-state index contributed by atoms with van der Waals surface area (Å²) >= 11 is 13.9. The summed E-state index contributed by atoms with van der Waals surface area (Å²) in [5.74, 6) is 0.586. The third-order valence-electron chi connectivity index (χ3n) is 9.25. The number of methoxy groups -OCH3 is 1. The van der Waals surface area contributed by atoms with Crippen molar-refractivity contribution in [3.63, 3.8) is 0 Å². The number of aryl methyl sites for hydroxylation is 1. The standard InChI is InChI=1S/C24H24Cl2F3N7O2S.C8H12FN/c1-31-22(37)20-19(26)16-9-35(4-3-5-36(16)34-20)21-13-10-39-17(8-15(13)32-23(33-21)38-2)12-6-11(30)7-14(25)18(12)24(27,28)29;9-5-7-4-8-2-1-3-10(8)6-7/h6-7,17H,3-5,8-10,30H2,1-2H3,(H,31,37);5,8H,1-4,6H2/b;7-5-. The lowest BCUT2D eigenvalue weighted by molar-refractivity contribution is -0.138. The van der Waals surface area contributed by atoms with E-state index in [2.05, 4.69) is 25.3 Å². The van der Waals surface area contributed by atoms with Crippen LogP contribution in [-0.4, -0.2) is 70.4 Å². The molecule has 0 saturated carbocycles. The SMILES string of the molecule is CNC(=O)c1nn2c(c1Cl)CN(c1nc(OC)nc3c1CSC(c1cc(N)cc(Cl)c1C(F)(F)F)C3)CCC2.F/C=C1/CC2CCCN2C1. The number of thioether (sulfide) groups is 1. The molecule has 0 radical (unpaired) electrons. The van der Waals surface area contributed by atoms with Gasteiger partial charge in [-0.2, -0.15) is 28.2 Å². The first kappa shape index (κ1) is 35.6. The van der Waals surface area contributed by atoms with Crippen LogP contribution >= 0.6 is 35.0 Å². The molecule has 0 spiro atoms. The highest BCUT2D eigenvalue weighted by molar-refractivity contribution is 7.98. The van der Waals surface area contributed by atoms with Gasteiger partial charge in [0.05, 0.1) is 47.0 Å². The number of rotatable bonds is 4. The molecule has 3 aromatic rings. The Balaban J connectivity index is 0.000000353. The molecule has 1 aromatic carbocycles. The average Bonchev–Trinajstić information content (AvgIpc) is 3.71. The van der Waals surface area contributed by atoms with Gasteiger partial charge in [0.15, 0.2) is 5.69 Å². The predicted octanol–water partition coefficient (Wildman–Crippen LogP) is 6.60. The lowest BCUT2D eigenvalue weighted by Crippen LogP contribution is -2.27. The van der Waals surface area contributed by atoms with Crippen molar-refractivity contribution in [1.82, 2.24) is 30.0 Å². The zero-order valence-electron chi connectivity index (χ0n) is 26.9. The number of anilines is 2. The summed E-state index contributed by atoms with van der Waals surface area (Å²) in [6, 6.07) is 3.23. The fourth-order valence-electron chi connectivity index (χ4n) is 6.95. The number of aromatic nitrogens is 4. The lowest BCUT2D eigenvalue weighted by atomic mass is 9.98. The molecule has 4 aliphatic heterocycles. The van der Waals surface area contributed by atoms with Crippen molar-refractivity contribution in [3.8, 4) is 6.01 Å². The Morgan fingerprint density at radius 2 is 1.94 bits per heavy atom. The summed E-state index contributed by atoms with van der Waals surface area (Å²) in [5, 5.41) is 6.18. The van der Waals surface area contributed by atoms with E-state index in [0.717, 1.165) is 36.5 Å². The summed E-state index contributed by atoms with van der Waals surface area (Å²) in [7, 11) is 2.94. The van der Waals surface area contributed by atoms with Gasteiger partial charge in [-0.05, 0) is 55.5 Å². The van der Waals surface area contributed by atoms with Gasteiger partial charge in [-0.25, -0.2) is 4.39 Å². The van der Waals surface area contributed by atoms with Crippen molar-refractivity contribution in [1.29, 1.82) is 0 Å². The highest BCUT2D eigenvalue weighted by atomic mass is 35.5. The summed E-state index contributed by atoms with van der Waals surface area (Å²) in [4.78, 5) is 25.8. The van der Waals surface area contributed by atoms with E-state index < -0.39 is 22.0 Å². The number of nitrogens with one attached hydrogen (secondary N) is 1. The van der Waals surface area contributed by atoms with Gasteiger partial charge in [0, 0.05) is 61.4 Å². The Hall–Kier alpha value is -3.27. The number of halogens is 6. The van der Waals surface area contributed by atoms with Crippen molar-refractivity contribution in [2.45, 2.75) is 68.4 Å². The first-order valence-electron chi connectivity index (χ1n) is 15.9. The molecule has 2 saturated heterocycles. The smallest absolute Gasteiger partial charge is 0.418 e. The van der Waals surface area contributed by atoms with E-state index in [1.54, 1.807) is 4.68 Å². The van der Waals surface area contributed by atoms with Crippen LogP contribution in [0.5, 0.6) is 6.01 Å². The molecule has 2 unspecified atom stereocenters. The van der Waals surface area contributed by atoms with Crippen molar-refractivity contribution in [3.05, 3.63) is 67.9 Å². The molecular weight excluding hydrogens is 707 g/mol. The quantitative estimate of drug-likeness (QED) is 0.226. The van der Waals surface area contributed by atoms with Crippen molar-refractivity contribution in [2.24, 2.45) is 0 Å². The van der Waals surface area contributed by atoms with Gasteiger partial charge in [-0.1, -0.05) is 23.2 Å². The maximum absolute atomic E-state index is 14.0. The van der Waals surface area contributed by atoms with Crippen molar-refractivity contribution >= 4 is 52.4 Å². The number of ether oxygens (including phenoxy) is 1. The third kappa shape index (κ3) is 7.31. The Morgan fingerprint density at radius 1 is 1.14 bits per heavy atom. The largest absolute Gasteiger partial charge is 0.467 e. The summed E-state index contributed by atoms with van der Waals surface area (Å²) in [6.07, 6.45) is 0.613. The number of hydrogen-bond donors (Lipinski definition) is 2. The second-order valence-electron chi connectivity index (χ2n) is 12.4. The van der Waals surface area contributed by atoms with Gasteiger partial charge in [0.25, 0.3) is 5.91 Å². The normalized spacial score (nSPS) is 21.4. The maximum Gasteiger partial charge on any atom is 0.418 e. The number of benzene rings is 1. The second-order valence-corrected chi connectivity index (χ2v) is 14.3. The van der Waals surface area contributed by atoms with E-state index in [1.807, 2.05) is 4.90 Å². The van der Waals surface area contributed by atoms with Crippen LogP contribution < -0.4 is 20.7 Å². The molecule has 2 atom stereocenters. The number of nitrogens with zero attached hydrogens (tertiary/aromatic N) is 6. The van der Waals surface area contributed by atoms with Crippen LogP contribution in [0, 0.1) is 0 Å². The molecule has 4 aliphatic rings. The van der Waals surface area contributed by atoms with Crippen LogP contribution in [0.25, 0.3) is 0 Å². The van der Waals surface area contributed by atoms with Crippen LogP contribution in [0.1, 0.15) is 69.5 Å². The van der Waals surface area contributed by atoms with Crippen LogP contribution in [0.15, 0.2) is 24.0 Å². The Kier molecular flexibility index (Phi) is 10.5. The highest BCUT2D eigenvalue weighted by Gasteiger charge is 2.40. The molecule has 0 bridgehead atoms. The van der Waals surface area contributed by atoms with E-state index in [-0.39, 0.29) is 40.3 Å². The van der Waals surface area contributed by atoms with E-state index >= 15 is 0 Å². The topological polar surface area (TPSA) is 114 Å². The molecule has 2 fully saturated rings. The van der Waals surface area contributed by atoms with Crippen LogP contribution in [0.2, 0.25) is 10.0 Å². The second kappa shape index (κ2) is 14.5. The molecule has 1 amide bonds. The van der Waals surface area contributed by atoms with Gasteiger partial charge < -0.3 is 20.7 Å². The van der Waals surface area contributed by atoms with Crippen LogP contribution in [0.4, 0.5) is 29.1 Å². The fourth-order valence-corrected chi connectivity index (χ4v) is 8.88. The zero-order valence-corrected chi connectivity index (χ0v) is 29.2. The maximum atomic E-state index is 14.0. The van der Waals surface area contributed by atoms with Crippen molar-refractivity contribution in [2.75, 3.05) is 44.4 Å². The minimum absolute atomic E-state index is 0.0227. The Morgan fingerprint density at radius 3 is 2.63 bits per heavy atom. The molecule has 264 valence electrons. The zero-order chi connectivity index (χ0) is 35.0. The molecule has 3 N–H and O–H groups in total. The molecule has 17 heteroatoms. The van der Waals surface area contributed by atoms with E-state index in [4.69, 9.17) is 33.7 Å². The fraction of sp³-hybridized carbons (Fsp3) is 0.500. The number of nitrogen functional groups attached to an aromatic ring is 1. The minimum atomic E-state index is -4.64.